The van der Waals surface area contributed by atoms with Gasteiger partial charge in [-0.1, -0.05) is 25.1 Å². The van der Waals surface area contributed by atoms with E-state index in [2.05, 4.69) is 51.6 Å². The van der Waals surface area contributed by atoms with Crippen LogP contribution in [0.3, 0.4) is 0 Å². The molecule has 1 amide bonds. The van der Waals surface area contributed by atoms with Gasteiger partial charge in [0.15, 0.2) is 0 Å². The van der Waals surface area contributed by atoms with Gasteiger partial charge >= 0.3 is 0 Å². The molecular formula is C31H43N5O4. The van der Waals surface area contributed by atoms with Gasteiger partial charge in [0.1, 0.15) is 12.0 Å². The lowest BCUT2D eigenvalue weighted by molar-refractivity contribution is -0.152. The SMILES string of the molecule is COc1cc(C)[nH]c(=O)c1CNC(=O)c1c(C)n(C(C)C2CCN(C(O)C3(C)CN(C)C3)CC2)c2ccccc12. The molecule has 3 aromatic rings. The number of aryl methyl sites for hydroxylation is 1. The number of nitrogens with zero attached hydrogens (tertiary/aromatic N) is 3. The Balaban J connectivity index is 1.34. The molecule has 2 aliphatic heterocycles. The molecule has 2 aliphatic rings. The number of aromatic amines is 1. The van der Waals surface area contributed by atoms with Crippen LogP contribution >= 0.6 is 0 Å². The summed E-state index contributed by atoms with van der Waals surface area (Å²) in [5.74, 6) is 0.684. The molecule has 2 unspecified atom stereocenters. The summed E-state index contributed by atoms with van der Waals surface area (Å²) in [5.41, 5.74) is 3.37. The summed E-state index contributed by atoms with van der Waals surface area (Å²) in [6.45, 7) is 11.9. The van der Waals surface area contributed by atoms with Crippen molar-refractivity contribution in [2.45, 2.75) is 59.4 Å². The second-order valence-electron chi connectivity index (χ2n) is 12.2. The summed E-state index contributed by atoms with van der Waals surface area (Å²) in [4.78, 5) is 33.4. The van der Waals surface area contributed by atoms with Gasteiger partial charge in [-0.2, -0.15) is 0 Å². The Labute approximate surface area is 236 Å². The number of pyridine rings is 1. The number of carbonyl (C=O) groups is 1. The van der Waals surface area contributed by atoms with Crippen molar-refractivity contribution in [2.24, 2.45) is 11.3 Å². The van der Waals surface area contributed by atoms with Gasteiger partial charge in [-0.15, -0.1) is 0 Å². The van der Waals surface area contributed by atoms with Crippen LogP contribution < -0.4 is 15.6 Å². The van der Waals surface area contributed by atoms with E-state index in [1.165, 1.54) is 7.11 Å². The maximum atomic E-state index is 13.6. The van der Waals surface area contributed by atoms with E-state index in [9.17, 15) is 14.7 Å². The van der Waals surface area contributed by atoms with Crippen molar-refractivity contribution in [3.05, 3.63) is 63.2 Å². The Morgan fingerprint density at radius 2 is 1.90 bits per heavy atom. The average molecular weight is 550 g/mol. The number of aliphatic hydroxyl groups excluding tert-OH is 1. The van der Waals surface area contributed by atoms with Gasteiger partial charge in [0, 0.05) is 59.9 Å². The smallest absolute Gasteiger partial charge is 0.256 e. The lowest BCUT2D eigenvalue weighted by atomic mass is 9.79. The predicted molar refractivity (Wildman–Crippen MR) is 157 cm³/mol. The van der Waals surface area contributed by atoms with Crippen LogP contribution in [0.25, 0.3) is 10.9 Å². The number of amides is 1. The molecule has 2 fully saturated rings. The fourth-order valence-corrected chi connectivity index (χ4v) is 7.14. The number of carbonyl (C=O) groups excluding carboxylic acids is 1. The van der Waals surface area contributed by atoms with Crippen LogP contribution in [0, 0.1) is 25.2 Å². The van der Waals surface area contributed by atoms with Crippen LogP contribution in [0.1, 0.15) is 60.0 Å². The monoisotopic (exact) mass is 549 g/mol. The van der Waals surface area contributed by atoms with Gasteiger partial charge in [-0.3, -0.25) is 14.5 Å². The third kappa shape index (κ3) is 5.06. The molecule has 0 radical (unpaired) electrons. The molecule has 0 saturated carbocycles. The van der Waals surface area contributed by atoms with Crippen molar-refractivity contribution < 1.29 is 14.6 Å². The molecular weight excluding hydrogens is 506 g/mol. The van der Waals surface area contributed by atoms with Crippen LogP contribution in [0.2, 0.25) is 0 Å². The van der Waals surface area contributed by atoms with E-state index in [-0.39, 0.29) is 29.5 Å². The molecule has 0 bridgehead atoms. The highest BCUT2D eigenvalue weighted by Gasteiger charge is 2.46. The number of benzene rings is 1. The number of rotatable bonds is 8. The average Bonchev–Trinajstić information content (AvgIpc) is 3.22. The standard InChI is InChI=1S/C31H43N5O4/c1-19-15-26(40-6)24(28(37)33-19)16-32-29(38)27-21(3)36(25-10-8-7-9-23(25)27)20(2)22-11-13-35(14-12-22)30(39)31(4)17-34(5)18-31/h7-10,15,20,22,30,39H,11-14,16-18H2,1-6H3,(H,32,38)(H,33,37). The van der Waals surface area contributed by atoms with E-state index in [4.69, 9.17) is 4.74 Å². The van der Waals surface area contributed by atoms with Gasteiger partial charge in [0.25, 0.3) is 11.5 Å². The van der Waals surface area contributed by atoms with Crippen molar-refractivity contribution in [2.75, 3.05) is 40.3 Å². The Morgan fingerprint density at radius 1 is 1.23 bits per heavy atom. The summed E-state index contributed by atoms with van der Waals surface area (Å²) in [6, 6.07) is 10.00. The second-order valence-corrected chi connectivity index (χ2v) is 12.2. The Morgan fingerprint density at radius 3 is 2.55 bits per heavy atom. The van der Waals surface area contributed by atoms with Gasteiger partial charge in [0.2, 0.25) is 0 Å². The molecule has 3 N–H and O–H groups in total. The number of methoxy groups -OCH3 is 1. The van der Waals surface area contributed by atoms with E-state index in [1.54, 1.807) is 13.0 Å². The number of likely N-dealkylation sites (tertiary alicyclic amines) is 2. The van der Waals surface area contributed by atoms with Gasteiger partial charge in [-0.25, -0.2) is 0 Å². The van der Waals surface area contributed by atoms with E-state index >= 15 is 0 Å². The molecule has 0 spiro atoms. The first kappa shape index (κ1) is 28.4. The van der Waals surface area contributed by atoms with E-state index < -0.39 is 6.23 Å². The van der Waals surface area contributed by atoms with Crippen LogP contribution in [0.4, 0.5) is 0 Å². The number of ether oxygens (including phenoxy) is 1. The third-order valence-corrected chi connectivity index (χ3v) is 9.15. The Kier molecular flexibility index (Phi) is 7.83. The Hall–Kier alpha value is -3.14. The second kappa shape index (κ2) is 11.0. The van der Waals surface area contributed by atoms with Gasteiger partial charge in [-0.05, 0) is 58.7 Å². The first-order chi connectivity index (χ1) is 19.0. The summed E-state index contributed by atoms with van der Waals surface area (Å²) in [7, 11) is 3.62. The maximum absolute atomic E-state index is 13.6. The number of hydrogen-bond donors (Lipinski definition) is 3. The maximum Gasteiger partial charge on any atom is 0.256 e. The normalized spacial score (nSPS) is 19.8. The molecule has 2 saturated heterocycles. The summed E-state index contributed by atoms with van der Waals surface area (Å²) >= 11 is 0. The van der Waals surface area contributed by atoms with Crippen molar-refractivity contribution in [1.29, 1.82) is 0 Å². The van der Waals surface area contributed by atoms with Gasteiger partial charge in [0.05, 0.1) is 24.8 Å². The lowest BCUT2D eigenvalue weighted by Gasteiger charge is -2.53. The molecule has 4 heterocycles. The quantitative estimate of drug-likeness (QED) is 0.398. The molecule has 9 heteroatoms. The Bertz CT molecular complexity index is 1450. The number of aliphatic hydroxyl groups is 1. The van der Waals surface area contributed by atoms with Crippen molar-refractivity contribution in [1.82, 2.24) is 24.7 Å². The predicted octanol–water partition coefficient (Wildman–Crippen LogP) is 3.43. The molecule has 2 aromatic heterocycles. The minimum Gasteiger partial charge on any atom is -0.496 e. The highest BCUT2D eigenvalue weighted by molar-refractivity contribution is 6.08. The summed E-state index contributed by atoms with van der Waals surface area (Å²) in [5, 5.41) is 15.0. The molecule has 2 atom stereocenters. The van der Waals surface area contributed by atoms with Crippen LogP contribution in [0.15, 0.2) is 35.1 Å². The molecule has 9 nitrogen and oxygen atoms in total. The minimum atomic E-state index is -0.413. The number of fused-ring (bicyclic) bond motifs is 1. The van der Waals surface area contributed by atoms with E-state index in [1.807, 2.05) is 25.1 Å². The zero-order valence-electron chi connectivity index (χ0n) is 24.6. The number of piperidine rings is 1. The summed E-state index contributed by atoms with van der Waals surface area (Å²) < 4.78 is 7.71. The number of nitrogens with one attached hydrogen (secondary N) is 2. The molecule has 5 rings (SSSR count). The highest BCUT2D eigenvalue weighted by atomic mass is 16.5. The topological polar surface area (TPSA) is 103 Å². The number of aromatic nitrogens is 2. The molecule has 40 heavy (non-hydrogen) atoms. The zero-order valence-corrected chi connectivity index (χ0v) is 24.6. The fraction of sp³-hybridized carbons (Fsp3) is 0.548. The van der Waals surface area contributed by atoms with E-state index in [0.29, 0.717) is 28.5 Å². The minimum absolute atomic E-state index is 0.0594. The number of para-hydroxylation sites is 1. The number of H-pyrrole nitrogens is 1. The fourth-order valence-electron chi connectivity index (χ4n) is 7.14. The summed E-state index contributed by atoms with van der Waals surface area (Å²) in [6.07, 6.45) is 1.57. The van der Waals surface area contributed by atoms with Crippen LogP contribution in [-0.4, -0.2) is 76.9 Å². The highest BCUT2D eigenvalue weighted by Crippen LogP contribution is 2.39. The van der Waals surface area contributed by atoms with Gasteiger partial charge < -0.3 is 29.6 Å². The third-order valence-electron chi connectivity index (χ3n) is 9.15. The molecule has 216 valence electrons. The van der Waals surface area contributed by atoms with Crippen LogP contribution in [0.5, 0.6) is 5.75 Å². The van der Waals surface area contributed by atoms with E-state index in [0.717, 1.165) is 55.6 Å². The van der Waals surface area contributed by atoms with Crippen molar-refractivity contribution >= 4 is 16.8 Å². The lowest BCUT2D eigenvalue weighted by Crippen LogP contribution is -2.63. The molecule has 1 aromatic carbocycles. The van der Waals surface area contributed by atoms with Crippen LogP contribution in [-0.2, 0) is 6.54 Å². The molecule has 0 aliphatic carbocycles. The van der Waals surface area contributed by atoms with Crippen molar-refractivity contribution in [3.8, 4) is 5.75 Å². The zero-order chi connectivity index (χ0) is 28.8. The first-order valence-corrected chi connectivity index (χ1v) is 14.3. The number of hydrogen-bond acceptors (Lipinski definition) is 6. The van der Waals surface area contributed by atoms with Crippen molar-refractivity contribution in [3.63, 3.8) is 0 Å². The first-order valence-electron chi connectivity index (χ1n) is 14.3. The largest absolute Gasteiger partial charge is 0.496 e.